The Kier molecular flexibility index (Phi) is 5.38. The number of halogens is 1. The number of carbonyl (C=O) groups excluding carboxylic acids is 1. The van der Waals surface area contributed by atoms with Gasteiger partial charge >= 0.3 is 0 Å². The molecule has 0 aliphatic rings. The van der Waals surface area contributed by atoms with E-state index in [1.807, 2.05) is 18.2 Å². The Morgan fingerprint density at radius 3 is 2.58 bits per heavy atom. The number of aryl methyl sites for hydroxylation is 1. The van der Waals surface area contributed by atoms with Crippen molar-refractivity contribution in [3.63, 3.8) is 0 Å². The highest BCUT2D eigenvalue weighted by molar-refractivity contribution is 6.34. The summed E-state index contributed by atoms with van der Waals surface area (Å²) in [5, 5.41) is 4.13. The fourth-order valence-electron chi connectivity index (χ4n) is 2.80. The van der Waals surface area contributed by atoms with Crippen LogP contribution in [0.3, 0.4) is 0 Å². The van der Waals surface area contributed by atoms with Gasteiger partial charge in [-0.05, 0) is 18.1 Å². The molecule has 6 heteroatoms. The van der Waals surface area contributed by atoms with Crippen LogP contribution in [0.2, 0.25) is 5.02 Å². The maximum absolute atomic E-state index is 12.5. The van der Waals surface area contributed by atoms with Crippen molar-refractivity contribution < 1.29 is 18.7 Å². The van der Waals surface area contributed by atoms with E-state index < -0.39 is 0 Å². The van der Waals surface area contributed by atoms with Crippen LogP contribution in [0, 0.1) is 0 Å². The van der Waals surface area contributed by atoms with E-state index in [4.69, 9.17) is 25.5 Å². The summed E-state index contributed by atoms with van der Waals surface area (Å²) in [5.74, 6) is 0.803. The van der Waals surface area contributed by atoms with Crippen LogP contribution in [0.1, 0.15) is 18.1 Å². The van der Waals surface area contributed by atoms with Crippen LogP contribution in [0.4, 0.5) is 5.69 Å². The van der Waals surface area contributed by atoms with Crippen molar-refractivity contribution in [2.45, 2.75) is 19.8 Å². The van der Waals surface area contributed by atoms with E-state index in [0.29, 0.717) is 22.2 Å². The topological polar surface area (TPSA) is 60.7 Å². The van der Waals surface area contributed by atoms with Crippen LogP contribution in [-0.4, -0.2) is 20.1 Å². The summed E-state index contributed by atoms with van der Waals surface area (Å²) in [4.78, 5) is 12.5. The first-order valence-corrected chi connectivity index (χ1v) is 8.63. The number of nitrogens with one attached hydrogen (secondary N) is 1. The number of rotatable bonds is 6. The molecule has 0 radical (unpaired) electrons. The minimum absolute atomic E-state index is 0.184. The van der Waals surface area contributed by atoms with Crippen LogP contribution in [-0.2, 0) is 17.6 Å². The molecule has 1 aromatic heterocycles. The lowest BCUT2D eigenvalue weighted by Gasteiger charge is -2.12. The zero-order chi connectivity index (χ0) is 18.7. The van der Waals surface area contributed by atoms with E-state index in [0.717, 1.165) is 23.0 Å². The summed E-state index contributed by atoms with van der Waals surface area (Å²) in [6, 6.07) is 9.28. The molecule has 3 aromatic rings. The van der Waals surface area contributed by atoms with Crippen molar-refractivity contribution in [3.05, 3.63) is 52.7 Å². The largest absolute Gasteiger partial charge is 0.493 e. The second-order valence-corrected chi connectivity index (χ2v) is 6.26. The van der Waals surface area contributed by atoms with Gasteiger partial charge in [0.15, 0.2) is 11.5 Å². The molecule has 0 saturated carbocycles. The number of anilines is 1. The number of amides is 1. The number of furan rings is 1. The SMILES string of the molecule is CCc1ccc2c(CC(=O)Nc3cc(OC)c(OC)cc3Cl)coc2c1. The fraction of sp³-hybridized carbons (Fsp3) is 0.250. The standard InChI is InChI=1S/C20H20ClNO4/c1-4-12-5-6-14-13(11-26-17(14)7-12)8-20(23)22-16-10-19(25-3)18(24-2)9-15(16)21/h5-7,9-11H,4,8H2,1-3H3,(H,22,23). The molecular weight excluding hydrogens is 354 g/mol. The number of fused-ring (bicyclic) bond motifs is 1. The number of hydrogen-bond donors (Lipinski definition) is 1. The van der Waals surface area contributed by atoms with Gasteiger partial charge in [0.25, 0.3) is 0 Å². The summed E-state index contributed by atoms with van der Waals surface area (Å²) < 4.78 is 16.0. The smallest absolute Gasteiger partial charge is 0.228 e. The highest BCUT2D eigenvalue weighted by atomic mass is 35.5. The summed E-state index contributed by atoms with van der Waals surface area (Å²) in [6.45, 7) is 2.09. The van der Waals surface area contributed by atoms with Gasteiger partial charge in [-0.25, -0.2) is 0 Å². The molecule has 0 atom stereocenters. The molecule has 0 bridgehead atoms. The number of benzene rings is 2. The zero-order valence-electron chi connectivity index (χ0n) is 14.9. The highest BCUT2D eigenvalue weighted by Gasteiger charge is 2.15. The summed E-state index contributed by atoms with van der Waals surface area (Å²) in [7, 11) is 3.06. The monoisotopic (exact) mass is 373 g/mol. The molecule has 0 saturated heterocycles. The van der Waals surface area contributed by atoms with Crippen LogP contribution >= 0.6 is 11.6 Å². The Labute approximate surface area is 156 Å². The molecule has 1 heterocycles. The molecule has 136 valence electrons. The number of carbonyl (C=O) groups is 1. The molecule has 1 N–H and O–H groups in total. The minimum Gasteiger partial charge on any atom is -0.493 e. The Morgan fingerprint density at radius 1 is 1.15 bits per heavy atom. The van der Waals surface area contributed by atoms with Crippen molar-refractivity contribution in [1.29, 1.82) is 0 Å². The maximum Gasteiger partial charge on any atom is 0.228 e. The number of ether oxygens (including phenoxy) is 2. The highest BCUT2D eigenvalue weighted by Crippen LogP contribution is 2.36. The predicted molar refractivity (Wildman–Crippen MR) is 102 cm³/mol. The molecule has 2 aromatic carbocycles. The van der Waals surface area contributed by atoms with Crippen LogP contribution in [0.15, 0.2) is 41.0 Å². The van der Waals surface area contributed by atoms with Gasteiger partial charge < -0.3 is 19.2 Å². The zero-order valence-corrected chi connectivity index (χ0v) is 15.6. The maximum atomic E-state index is 12.5. The quantitative estimate of drug-likeness (QED) is 0.671. The molecule has 5 nitrogen and oxygen atoms in total. The van der Waals surface area contributed by atoms with Crippen LogP contribution in [0.5, 0.6) is 11.5 Å². The van der Waals surface area contributed by atoms with E-state index in [9.17, 15) is 4.79 Å². The fourth-order valence-corrected chi connectivity index (χ4v) is 3.00. The first-order valence-electron chi connectivity index (χ1n) is 8.26. The van der Waals surface area contributed by atoms with Crippen LogP contribution < -0.4 is 14.8 Å². The van der Waals surface area contributed by atoms with Gasteiger partial charge in [0.05, 0.1) is 37.6 Å². The summed E-state index contributed by atoms with van der Waals surface area (Å²) >= 11 is 6.22. The van der Waals surface area contributed by atoms with Crippen molar-refractivity contribution in [2.75, 3.05) is 19.5 Å². The molecular formula is C20H20ClNO4. The molecule has 3 rings (SSSR count). The van der Waals surface area contributed by atoms with Gasteiger partial charge in [-0.3, -0.25) is 4.79 Å². The molecule has 26 heavy (non-hydrogen) atoms. The third-order valence-corrected chi connectivity index (χ3v) is 4.54. The molecule has 0 spiro atoms. The Morgan fingerprint density at radius 2 is 1.88 bits per heavy atom. The normalized spacial score (nSPS) is 10.8. The number of hydrogen-bond acceptors (Lipinski definition) is 4. The summed E-state index contributed by atoms with van der Waals surface area (Å²) in [6.07, 6.45) is 2.74. The molecule has 0 aliphatic carbocycles. The van der Waals surface area contributed by atoms with E-state index in [2.05, 4.69) is 12.2 Å². The summed E-state index contributed by atoms with van der Waals surface area (Å²) in [5.41, 5.74) is 3.28. The van der Waals surface area contributed by atoms with Gasteiger partial charge in [0, 0.05) is 23.1 Å². The minimum atomic E-state index is -0.193. The molecule has 0 fully saturated rings. The average Bonchev–Trinajstić information content (AvgIpc) is 3.04. The molecule has 1 amide bonds. The van der Waals surface area contributed by atoms with E-state index in [1.54, 1.807) is 18.4 Å². The lowest BCUT2D eigenvalue weighted by molar-refractivity contribution is -0.115. The first-order chi connectivity index (χ1) is 12.5. The van der Waals surface area contributed by atoms with E-state index >= 15 is 0 Å². The van der Waals surface area contributed by atoms with Crippen molar-refractivity contribution in [3.8, 4) is 11.5 Å². The van der Waals surface area contributed by atoms with Gasteiger partial charge in [0.2, 0.25) is 5.91 Å². The van der Waals surface area contributed by atoms with Crippen molar-refractivity contribution in [2.24, 2.45) is 0 Å². The first kappa shape index (κ1) is 18.1. The Balaban J connectivity index is 1.79. The molecule has 0 unspecified atom stereocenters. The second kappa shape index (κ2) is 7.70. The van der Waals surface area contributed by atoms with Crippen molar-refractivity contribution >= 4 is 34.2 Å². The average molecular weight is 374 g/mol. The lowest BCUT2D eigenvalue weighted by atomic mass is 10.1. The van der Waals surface area contributed by atoms with Gasteiger partial charge in [-0.2, -0.15) is 0 Å². The Hall–Kier alpha value is -2.66. The van der Waals surface area contributed by atoms with E-state index in [-0.39, 0.29) is 12.3 Å². The van der Waals surface area contributed by atoms with Gasteiger partial charge in [-0.1, -0.05) is 30.7 Å². The van der Waals surface area contributed by atoms with E-state index in [1.165, 1.54) is 19.8 Å². The second-order valence-electron chi connectivity index (χ2n) is 5.86. The van der Waals surface area contributed by atoms with Crippen LogP contribution in [0.25, 0.3) is 11.0 Å². The van der Waals surface area contributed by atoms with Gasteiger partial charge in [0.1, 0.15) is 5.58 Å². The van der Waals surface area contributed by atoms with Gasteiger partial charge in [-0.15, -0.1) is 0 Å². The Bertz CT molecular complexity index is 948. The molecule has 0 aliphatic heterocycles. The number of methoxy groups -OCH3 is 2. The third-order valence-electron chi connectivity index (χ3n) is 4.23. The predicted octanol–water partition coefficient (Wildman–Crippen LogP) is 4.85. The third kappa shape index (κ3) is 3.63. The van der Waals surface area contributed by atoms with Crippen molar-refractivity contribution in [1.82, 2.24) is 0 Å². The lowest BCUT2D eigenvalue weighted by Crippen LogP contribution is -2.14.